The summed E-state index contributed by atoms with van der Waals surface area (Å²) in [4.78, 5) is 13.7. The molecule has 126 valence electrons. The van der Waals surface area contributed by atoms with E-state index in [0.29, 0.717) is 19.6 Å². The summed E-state index contributed by atoms with van der Waals surface area (Å²) in [6, 6.07) is 14.6. The van der Waals surface area contributed by atoms with Crippen LogP contribution >= 0.6 is 0 Å². The first kappa shape index (κ1) is 16.5. The number of methoxy groups -OCH3 is 1. The lowest BCUT2D eigenvalue weighted by Crippen LogP contribution is -2.23. The van der Waals surface area contributed by atoms with Gasteiger partial charge in [0.2, 0.25) is 0 Å². The number of benzene rings is 2. The molecule has 2 aromatic rings. The second-order valence-electron chi connectivity index (χ2n) is 6.12. The summed E-state index contributed by atoms with van der Waals surface area (Å²) < 4.78 is 18.8. The Morgan fingerprint density at radius 2 is 2.00 bits per heavy atom. The summed E-state index contributed by atoms with van der Waals surface area (Å²) in [7, 11) is 1.43. The van der Waals surface area contributed by atoms with Gasteiger partial charge >= 0.3 is 5.97 Å². The predicted octanol–water partition coefficient (Wildman–Crippen LogP) is 3.13. The zero-order chi connectivity index (χ0) is 17.1. The molecule has 0 saturated carbocycles. The van der Waals surface area contributed by atoms with E-state index < -0.39 is 17.7 Å². The Morgan fingerprint density at radius 3 is 2.62 bits per heavy atom. The topological polar surface area (TPSA) is 49.8 Å². The number of aliphatic carboxylic acids is 1. The van der Waals surface area contributed by atoms with Gasteiger partial charge in [-0.25, -0.2) is 4.39 Å². The van der Waals surface area contributed by atoms with Crippen molar-refractivity contribution in [3.05, 3.63) is 65.5 Å². The number of hydrogen-bond acceptors (Lipinski definition) is 3. The Kier molecular flexibility index (Phi) is 4.81. The Balaban J connectivity index is 1.76. The first-order chi connectivity index (χ1) is 11.6. The molecule has 0 amide bonds. The van der Waals surface area contributed by atoms with Gasteiger partial charge in [0, 0.05) is 25.6 Å². The summed E-state index contributed by atoms with van der Waals surface area (Å²) in [5.41, 5.74) is 1.85. The van der Waals surface area contributed by atoms with E-state index in [4.69, 9.17) is 4.74 Å². The number of hydrogen-bond donors (Lipinski definition) is 1. The van der Waals surface area contributed by atoms with Gasteiger partial charge in [0.1, 0.15) is 0 Å². The molecule has 1 N–H and O–H groups in total. The molecule has 0 aliphatic carbocycles. The van der Waals surface area contributed by atoms with Crippen molar-refractivity contribution in [2.24, 2.45) is 5.92 Å². The molecule has 0 aromatic heterocycles. The molecule has 1 aliphatic rings. The van der Waals surface area contributed by atoms with Gasteiger partial charge in [-0.3, -0.25) is 9.69 Å². The minimum absolute atomic E-state index is 0.0493. The minimum atomic E-state index is -0.785. The molecular weight excluding hydrogens is 309 g/mol. The van der Waals surface area contributed by atoms with Crippen molar-refractivity contribution in [2.45, 2.75) is 12.5 Å². The summed E-state index contributed by atoms with van der Waals surface area (Å²) in [6.45, 7) is 1.63. The third-order valence-corrected chi connectivity index (χ3v) is 4.56. The van der Waals surface area contributed by atoms with Crippen molar-refractivity contribution < 1.29 is 19.0 Å². The third-order valence-electron chi connectivity index (χ3n) is 4.56. The lowest BCUT2D eigenvalue weighted by Gasteiger charge is -2.16. The van der Waals surface area contributed by atoms with Crippen LogP contribution in [0, 0.1) is 11.7 Å². The number of carbonyl (C=O) groups is 1. The van der Waals surface area contributed by atoms with Crippen molar-refractivity contribution in [3.8, 4) is 5.75 Å². The maximum atomic E-state index is 13.8. The van der Waals surface area contributed by atoms with Gasteiger partial charge in [0.25, 0.3) is 0 Å². The highest BCUT2D eigenvalue weighted by Gasteiger charge is 2.38. The van der Waals surface area contributed by atoms with Crippen molar-refractivity contribution in [1.82, 2.24) is 4.90 Å². The van der Waals surface area contributed by atoms with Crippen LogP contribution in [0.25, 0.3) is 0 Å². The van der Waals surface area contributed by atoms with E-state index in [-0.39, 0.29) is 11.7 Å². The molecule has 0 bridgehead atoms. The fourth-order valence-electron chi connectivity index (χ4n) is 3.37. The monoisotopic (exact) mass is 329 g/mol. The van der Waals surface area contributed by atoms with Gasteiger partial charge < -0.3 is 9.84 Å². The SMILES string of the molecule is COc1ccc(CN2C[C@H](C(=O)O)[C@@H](c3ccccc3)C2)cc1F. The van der Waals surface area contributed by atoms with E-state index in [1.165, 1.54) is 13.2 Å². The zero-order valence-corrected chi connectivity index (χ0v) is 13.5. The molecule has 1 saturated heterocycles. The molecule has 1 heterocycles. The number of likely N-dealkylation sites (tertiary alicyclic amines) is 1. The quantitative estimate of drug-likeness (QED) is 0.915. The van der Waals surface area contributed by atoms with Crippen LogP contribution in [0.1, 0.15) is 17.0 Å². The van der Waals surface area contributed by atoms with E-state index in [1.54, 1.807) is 6.07 Å². The largest absolute Gasteiger partial charge is 0.494 e. The Labute approximate surface area is 140 Å². The molecule has 24 heavy (non-hydrogen) atoms. The molecule has 0 spiro atoms. The second kappa shape index (κ2) is 7.01. The molecule has 2 aromatic carbocycles. The molecular formula is C19H20FNO3. The number of nitrogens with zero attached hydrogens (tertiary/aromatic N) is 1. The first-order valence-electron chi connectivity index (χ1n) is 7.91. The number of carboxylic acids is 1. The molecule has 4 nitrogen and oxygen atoms in total. The van der Waals surface area contributed by atoms with Crippen LogP contribution in [-0.4, -0.2) is 36.2 Å². The smallest absolute Gasteiger partial charge is 0.308 e. The number of ether oxygens (including phenoxy) is 1. The summed E-state index contributed by atoms with van der Waals surface area (Å²) >= 11 is 0. The molecule has 1 fully saturated rings. The third kappa shape index (κ3) is 3.41. The van der Waals surface area contributed by atoms with E-state index in [1.807, 2.05) is 36.4 Å². The lowest BCUT2D eigenvalue weighted by molar-refractivity contribution is -0.141. The van der Waals surface area contributed by atoms with Crippen LogP contribution in [-0.2, 0) is 11.3 Å². The Morgan fingerprint density at radius 1 is 1.25 bits per heavy atom. The van der Waals surface area contributed by atoms with Crippen LogP contribution in [0.2, 0.25) is 0 Å². The van der Waals surface area contributed by atoms with Crippen LogP contribution in [0.3, 0.4) is 0 Å². The molecule has 5 heteroatoms. The molecule has 1 aliphatic heterocycles. The van der Waals surface area contributed by atoms with E-state index in [9.17, 15) is 14.3 Å². The average molecular weight is 329 g/mol. The molecule has 3 rings (SSSR count). The van der Waals surface area contributed by atoms with Gasteiger partial charge in [-0.05, 0) is 23.3 Å². The van der Waals surface area contributed by atoms with Crippen molar-refractivity contribution in [3.63, 3.8) is 0 Å². The van der Waals surface area contributed by atoms with Crippen molar-refractivity contribution >= 4 is 5.97 Å². The predicted molar refractivity (Wildman–Crippen MR) is 88.5 cm³/mol. The molecule has 0 unspecified atom stereocenters. The maximum Gasteiger partial charge on any atom is 0.308 e. The Bertz CT molecular complexity index is 720. The second-order valence-corrected chi connectivity index (χ2v) is 6.12. The van der Waals surface area contributed by atoms with Crippen molar-refractivity contribution in [1.29, 1.82) is 0 Å². The highest BCUT2D eigenvalue weighted by Crippen LogP contribution is 2.33. The number of rotatable bonds is 5. The normalized spacial score (nSPS) is 20.9. The summed E-state index contributed by atoms with van der Waals surface area (Å²) in [5.74, 6) is -1.47. The van der Waals surface area contributed by atoms with E-state index >= 15 is 0 Å². The number of halogens is 1. The van der Waals surface area contributed by atoms with Gasteiger partial charge in [-0.1, -0.05) is 36.4 Å². The molecule has 2 atom stereocenters. The fourth-order valence-corrected chi connectivity index (χ4v) is 3.37. The van der Waals surface area contributed by atoms with Gasteiger partial charge in [0.15, 0.2) is 11.6 Å². The van der Waals surface area contributed by atoms with Crippen molar-refractivity contribution in [2.75, 3.05) is 20.2 Å². The van der Waals surface area contributed by atoms with Gasteiger partial charge in [-0.15, -0.1) is 0 Å². The van der Waals surface area contributed by atoms with Crippen LogP contribution in [0.5, 0.6) is 5.75 Å². The van der Waals surface area contributed by atoms with Gasteiger partial charge in [0.05, 0.1) is 13.0 Å². The fraction of sp³-hybridized carbons (Fsp3) is 0.316. The van der Waals surface area contributed by atoms with Gasteiger partial charge in [-0.2, -0.15) is 0 Å². The van der Waals surface area contributed by atoms with Crippen LogP contribution < -0.4 is 4.74 Å². The molecule has 0 radical (unpaired) electrons. The Hall–Kier alpha value is -2.40. The minimum Gasteiger partial charge on any atom is -0.494 e. The van der Waals surface area contributed by atoms with E-state index in [0.717, 1.165) is 11.1 Å². The zero-order valence-electron chi connectivity index (χ0n) is 13.5. The standard InChI is InChI=1S/C19H20FNO3/c1-24-18-8-7-13(9-17(18)20)10-21-11-15(16(12-21)19(22)23)14-5-3-2-4-6-14/h2-9,15-16H,10-12H2,1H3,(H,22,23)/t15-,16+/m1/s1. The maximum absolute atomic E-state index is 13.8. The summed E-state index contributed by atoms with van der Waals surface area (Å²) in [6.07, 6.45) is 0. The first-order valence-corrected chi connectivity index (χ1v) is 7.91. The highest BCUT2D eigenvalue weighted by molar-refractivity contribution is 5.72. The van der Waals surface area contributed by atoms with E-state index in [2.05, 4.69) is 4.90 Å². The summed E-state index contributed by atoms with van der Waals surface area (Å²) in [5, 5.41) is 9.54. The average Bonchev–Trinajstić information content (AvgIpc) is 3.00. The number of carboxylic acid groups (broad SMARTS) is 1. The van der Waals surface area contributed by atoms with Crippen LogP contribution in [0.15, 0.2) is 48.5 Å². The van der Waals surface area contributed by atoms with Crippen LogP contribution in [0.4, 0.5) is 4.39 Å². The lowest BCUT2D eigenvalue weighted by atomic mass is 9.89. The highest BCUT2D eigenvalue weighted by atomic mass is 19.1.